The van der Waals surface area contributed by atoms with E-state index in [1.807, 2.05) is 5.70 Å². The Hall–Kier alpha value is -1.26. The molecule has 94 valence electrons. The summed E-state index contributed by atoms with van der Waals surface area (Å²) in [6.45, 7) is 8.10. The summed E-state index contributed by atoms with van der Waals surface area (Å²) < 4.78 is 5.59. The van der Waals surface area contributed by atoms with E-state index in [0.29, 0.717) is 12.0 Å². The van der Waals surface area contributed by atoms with Gasteiger partial charge in [0.05, 0.1) is 11.8 Å². The number of aromatic carboxylic acids is 1. The highest BCUT2D eigenvalue weighted by molar-refractivity contribution is 6.82. The van der Waals surface area contributed by atoms with E-state index >= 15 is 0 Å². The van der Waals surface area contributed by atoms with Crippen LogP contribution in [0, 0.1) is 0 Å². The van der Waals surface area contributed by atoms with Crippen molar-refractivity contribution in [1.29, 1.82) is 0 Å². The quantitative estimate of drug-likeness (QED) is 0.838. The maximum Gasteiger partial charge on any atom is 0.335 e. The molecule has 1 N–H and O–H groups in total. The van der Waals surface area contributed by atoms with Crippen LogP contribution < -0.4 is 4.74 Å². The van der Waals surface area contributed by atoms with E-state index in [0.717, 1.165) is 0 Å². The molecule has 0 radical (unpaired) electrons. The lowest BCUT2D eigenvalue weighted by atomic mass is 10.2. The van der Waals surface area contributed by atoms with Crippen molar-refractivity contribution in [3.8, 4) is 5.75 Å². The monoisotopic (exact) mass is 272 g/mol. The molecule has 0 saturated heterocycles. The average Bonchev–Trinajstić information content (AvgIpc) is 2.27. The van der Waals surface area contributed by atoms with Crippen LogP contribution in [0.2, 0.25) is 13.1 Å². The van der Waals surface area contributed by atoms with E-state index in [1.165, 1.54) is 0 Å². The van der Waals surface area contributed by atoms with Gasteiger partial charge in [-0.2, -0.15) is 0 Å². The standard InChI is InChI=1S/C12H16O3Si.ClH/c1-4-16(2,3)9-15-11-7-5-10(6-8-11)12(13)14;/h4-8H,1,9H2,2-3H3,(H,13,14);1H. The van der Waals surface area contributed by atoms with Crippen molar-refractivity contribution >= 4 is 26.5 Å². The Bertz CT molecular complexity index is 387. The second kappa shape index (κ2) is 6.47. The molecule has 0 atom stereocenters. The van der Waals surface area contributed by atoms with Gasteiger partial charge in [0.2, 0.25) is 0 Å². The zero-order valence-corrected chi connectivity index (χ0v) is 11.8. The van der Waals surface area contributed by atoms with Crippen molar-refractivity contribution < 1.29 is 14.6 Å². The van der Waals surface area contributed by atoms with Crippen molar-refractivity contribution in [3.63, 3.8) is 0 Å². The number of carboxylic acids is 1. The first-order chi connectivity index (χ1) is 7.44. The SMILES string of the molecule is C=C[Si](C)(C)COc1ccc(C(=O)O)cc1.Cl. The van der Waals surface area contributed by atoms with Gasteiger partial charge in [0.15, 0.2) is 0 Å². The molecule has 0 unspecified atom stereocenters. The first-order valence-electron chi connectivity index (χ1n) is 5.04. The molecule has 0 bridgehead atoms. The van der Waals surface area contributed by atoms with Gasteiger partial charge in [0.1, 0.15) is 13.8 Å². The summed E-state index contributed by atoms with van der Waals surface area (Å²) in [7, 11) is -1.47. The van der Waals surface area contributed by atoms with Crippen LogP contribution in [-0.4, -0.2) is 25.4 Å². The number of carboxylic acid groups (broad SMARTS) is 1. The van der Waals surface area contributed by atoms with Gasteiger partial charge in [-0.3, -0.25) is 0 Å². The van der Waals surface area contributed by atoms with Gasteiger partial charge in [-0.25, -0.2) is 4.79 Å². The van der Waals surface area contributed by atoms with Crippen LogP contribution in [0.15, 0.2) is 36.5 Å². The normalized spacial score (nSPS) is 10.2. The fraction of sp³-hybridized carbons (Fsp3) is 0.250. The summed E-state index contributed by atoms with van der Waals surface area (Å²) in [5, 5.41) is 8.73. The summed E-state index contributed by atoms with van der Waals surface area (Å²) in [4.78, 5) is 10.6. The Morgan fingerprint density at radius 3 is 2.35 bits per heavy atom. The topological polar surface area (TPSA) is 46.5 Å². The fourth-order valence-electron chi connectivity index (χ4n) is 1.02. The first kappa shape index (κ1) is 15.7. The second-order valence-corrected chi connectivity index (χ2v) is 8.98. The minimum absolute atomic E-state index is 0. The Morgan fingerprint density at radius 1 is 1.41 bits per heavy atom. The van der Waals surface area contributed by atoms with E-state index < -0.39 is 14.0 Å². The van der Waals surface area contributed by atoms with Crippen molar-refractivity contribution in [1.82, 2.24) is 0 Å². The second-order valence-electron chi connectivity index (χ2n) is 4.31. The van der Waals surface area contributed by atoms with E-state index in [2.05, 4.69) is 19.7 Å². The summed E-state index contributed by atoms with van der Waals surface area (Å²) in [6.07, 6.45) is 0.656. The lowest BCUT2D eigenvalue weighted by Gasteiger charge is -2.17. The Kier molecular flexibility index (Phi) is 5.99. The van der Waals surface area contributed by atoms with E-state index in [9.17, 15) is 4.79 Å². The molecule has 0 heterocycles. The molecular weight excluding hydrogens is 256 g/mol. The number of ether oxygens (including phenoxy) is 1. The molecule has 5 heteroatoms. The molecule has 1 aromatic rings. The average molecular weight is 273 g/mol. The third-order valence-corrected chi connectivity index (χ3v) is 4.26. The summed E-state index contributed by atoms with van der Waals surface area (Å²) >= 11 is 0. The molecule has 0 aliphatic heterocycles. The molecule has 0 aromatic heterocycles. The Labute approximate surface area is 109 Å². The number of hydrogen-bond acceptors (Lipinski definition) is 2. The zero-order chi connectivity index (χ0) is 12.2. The molecule has 1 rings (SSSR count). The fourth-order valence-corrected chi connectivity index (χ4v) is 1.68. The third-order valence-electron chi connectivity index (χ3n) is 2.26. The van der Waals surface area contributed by atoms with Crippen LogP contribution in [-0.2, 0) is 0 Å². The number of rotatable bonds is 5. The minimum Gasteiger partial charge on any atom is -0.497 e. The predicted molar refractivity (Wildman–Crippen MR) is 73.8 cm³/mol. The highest BCUT2D eigenvalue weighted by atomic mass is 35.5. The van der Waals surface area contributed by atoms with E-state index in [-0.39, 0.29) is 18.0 Å². The molecule has 1 aromatic carbocycles. The van der Waals surface area contributed by atoms with Crippen molar-refractivity contribution in [2.75, 3.05) is 6.23 Å². The maximum absolute atomic E-state index is 10.6. The first-order valence-corrected chi connectivity index (χ1v) is 8.33. The lowest BCUT2D eigenvalue weighted by Crippen LogP contribution is -2.31. The van der Waals surface area contributed by atoms with E-state index in [4.69, 9.17) is 9.84 Å². The highest BCUT2D eigenvalue weighted by Crippen LogP contribution is 2.14. The van der Waals surface area contributed by atoms with Gasteiger partial charge in [-0.1, -0.05) is 18.8 Å². The van der Waals surface area contributed by atoms with Crippen molar-refractivity contribution in [3.05, 3.63) is 42.1 Å². The van der Waals surface area contributed by atoms with Gasteiger partial charge in [0, 0.05) is 0 Å². The van der Waals surface area contributed by atoms with Gasteiger partial charge < -0.3 is 9.84 Å². The Morgan fingerprint density at radius 2 is 1.94 bits per heavy atom. The number of halogens is 1. The van der Waals surface area contributed by atoms with Crippen molar-refractivity contribution in [2.45, 2.75) is 13.1 Å². The number of hydrogen-bond donors (Lipinski definition) is 1. The molecular formula is C12H17ClO3Si. The van der Waals surface area contributed by atoms with E-state index in [1.54, 1.807) is 24.3 Å². The molecule has 0 fully saturated rings. The van der Waals surface area contributed by atoms with Crippen LogP contribution in [0.25, 0.3) is 0 Å². The van der Waals surface area contributed by atoms with Crippen LogP contribution in [0.1, 0.15) is 10.4 Å². The number of benzene rings is 1. The summed E-state index contributed by atoms with van der Waals surface area (Å²) in [5.41, 5.74) is 2.24. The highest BCUT2D eigenvalue weighted by Gasteiger charge is 2.17. The number of carbonyl (C=O) groups is 1. The van der Waals surface area contributed by atoms with Crippen LogP contribution in [0.4, 0.5) is 0 Å². The molecule has 3 nitrogen and oxygen atoms in total. The molecule has 0 saturated carbocycles. The minimum atomic E-state index is -1.47. The lowest BCUT2D eigenvalue weighted by molar-refractivity contribution is 0.0697. The van der Waals surface area contributed by atoms with Gasteiger partial charge >= 0.3 is 5.97 Å². The molecule has 0 amide bonds. The predicted octanol–water partition coefficient (Wildman–Crippen LogP) is 3.16. The molecule has 17 heavy (non-hydrogen) atoms. The maximum atomic E-state index is 10.6. The Balaban J connectivity index is 0.00000256. The third kappa shape index (κ3) is 5.06. The molecule has 0 aliphatic carbocycles. The van der Waals surface area contributed by atoms with Gasteiger partial charge in [0.25, 0.3) is 0 Å². The van der Waals surface area contributed by atoms with Crippen molar-refractivity contribution in [2.24, 2.45) is 0 Å². The largest absolute Gasteiger partial charge is 0.497 e. The zero-order valence-electron chi connectivity index (χ0n) is 9.97. The van der Waals surface area contributed by atoms with Crippen LogP contribution in [0.3, 0.4) is 0 Å². The summed E-state index contributed by atoms with van der Waals surface area (Å²) in [5.74, 6) is -0.222. The molecule has 0 aliphatic rings. The smallest absolute Gasteiger partial charge is 0.335 e. The van der Waals surface area contributed by atoms with Crippen LogP contribution >= 0.6 is 12.4 Å². The van der Waals surface area contributed by atoms with Gasteiger partial charge in [-0.05, 0) is 24.3 Å². The van der Waals surface area contributed by atoms with Gasteiger partial charge in [-0.15, -0.1) is 19.0 Å². The summed E-state index contributed by atoms with van der Waals surface area (Å²) in [6, 6.07) is 6.44. The van der Waals surface area contributed by atoms with Crippen LogP contribution in [0.5, 0.6) is 5.75 Å². The molecule has 0 spiro atoms.